The van der Waals surface area contributed by atoms with Gasteiger partial charge in [-0.05, 0) is 18.2 Å². The molecule has 5 nitrogen and oxygen atoms in total. The lowest BCUT2D eigenvalue weighted by Crippen LogP contribution is -2.03. The molecule has 0 aromatic heterocycles. The first-order valence-electron chi connectivity index (χ1n) is 6.02. The molecule has 2 aromatic carbocycles. The summed E-state index contributed by atoms with van der Waals surface area (Å²) in [5.74, 6) is 0.636. The average molecular weight is 327 g/mol. The van der Waals surface area contributed by atoms with Crippen LogP contribution in [-0.4, -0.2) is 12.0 Å². The monoisotopic (exact) mass is 326 g/mol. The van der Waals surface area contributed by atoms with E-state index in [2.05, 4.69) is 5.32 Å². The molecule has 1 N–H and O–H groups in total. The van der Waals surface area contributed by atoms with Crippen molar-refractivity contribution in [1.82, 2.24) is 0 Å². The fourth-order valence-electron chi connectivity index (χ4n) is 1.85. The lowest BCUT2D eigenvalue weighted by atomic mass is 10.2. The van der Waals surface area contributed by atoms with Crippen LogP contribution in [0.15, 0.2) is 36.4 Å². The zero-order valence-electron chi connectivity index (χ0n) is 11.1. The maximum Gasteiger partial charge on any atom is 0.271 e. The van der Waals surface area contributed by atoms with Crippen molar-refractivity contribution in [3.63, 3.8) is 0 Å². The Kier molecular flexibility index (Phi) is 4.88. The first kappa shape index (κ1) is 15.4. The average Bonchev–Trinajstić information content (AvgIpc) is 2.47. The fourth-order valence-corrected chi connectivity index (χ4v) is 2.26. The van der Waals surface area contributed by atoms with E-state index in [-0.39, 0.29) is 5.69 Å². The van der Waals surface area contributed by atoms with Crippen molar-refractivity contribution in [1.29, 1.82) is 0 Å². The molecule has 0 aliphatic carbocycles. The summed E-state index contributed by atoms with van der Waals surface area (Å²) in [7, 11) is 1.55. The Morgan fingerprint density at radius 2 is 2.00 bits per heavy atom. The predicted molar refractivity (Wildman–Crippen MR) is 83.4 cm³/mol. The Hall–Kier alpha value is -1.98. The van der Waals surface area contributed by atoms with Gasteiger partial charge >= 0.3 is 0 Å². The quantitative estimate of drug-likeness (QED) is 0.648. The number of ether oxygens (including phenoxy) is 1. The molecule has 0 atom stereocenters. The van der Waals surface area contributed by atoms with Crippen LogP contribution in [0.25, 0.3) is 0 Å². The fraction of sp³-hybridized carbons (Fsp3) is 0.143. The molecular weight excluding hydrogens is 315 g/mol. The topological polar surface area (TPSA) is 64.4 Å². The minimum Gasteiger partial charge on any atom is -0.496 e. The van der Waals surface area contributed by atoms with E-state index in [0.29, 0.717) is 28.0 Å². The molecule has 7 heteroatoms. The summed E-state index contributed by atoms with van der Waals surface area (Å²) in [5, 5.41) is 14.8. The van der Waals surface area contributed by atoms with Crippen molar-refractivity contribution in [2.45, 2.75) is 6.54 Å². The number of non-ortho nitro benzene ring substituents is 1. The number of nitrogens with one attached hydrogen (secondary N) is 1. The highest BCUT2D eigenvalue weighted by atomic mass is 35.5. The highest BCUT2D eigenvalue weighted by Crippen LogP contribution is 2.30. The predicted octanol–water partition coefficient (Wildman–Crippen LogP) is 4.52. The van der Waals surface area contributed by atoms with Gasteiger partial charge in [-0.15, -0.1) is 0 Å². The number of anilines is 1. The van der Waals surface area contributed by atoms with Gasteiger partial charge in [0.1, 0.15) is 5.75 Å². The SMILES string of the molecule is COc1cccc(Cl)c1CNc1cc([N+](=O)[O-])ccc1Cl. The van der Waals surface area contributed by atoms with Gasteiger partial charge in [-0.3, -0.25) is 10.1 Å². The zero-order chi connectivity index (χ0) is 15.4. The Morgan fingerprint density at radius 1 is 1.24 bits per heavy atom. The van der Waals surface area contributed by atoms with Crippen LogP contribution in [0.4, 0.5) is 11.4 Å². The normalized spacial score (nSPS) is 10.2. The van der Waals surface area contributed by atoms with Crippen LogP contribution >= 0.6 is 23.2 Å². The molecule has 0 aliphatic heterocycles. The van der Waals surface area contributed by atoms with Crippen LogP contribution in [0.3, 0.4) is 0 Å². The molecule has 21 heavy (non-hydrogen) atoms. The number of hydrogen-bond acceptors (Lipinski definition) is 4. The second-order valence-electron chi connectivity index (χ2n) is 4.20. The second-order valence-corrected chi connectivity index (χ2v) is 5.01. The third-order valence-electron chi connectivity index (χ3n) is 2.91. The molecule has 2 rings (SSSR count). The van der Waals surface area contributed by atoms with Crippen molar-refractivity contribution in [2.24, 2.45) is 0 Å². The lowest BCUT2D eigenvalue weighted by molar-refractivity contribution is -0.384. The Bertz CT molecular complexity index is 677. The summed E-state index contributed by atoms with van der Waals surface area (Å²) in [6, 6.07) is 9.53. The van der Waals surface area contributed by atoms with Gasteiger partial charge in [0.15, 0.2) is 0 Å². The van der Waals surface area contributed by atoms with Crippen LogP contribution in [0.5, 0.6) is 5.75 Å². The summed E-state index contributed by atoms with van der Waals surface area (Å²) in [5.41, 5.74) is 1.19. The second kappa shape index (κ2) is 6.65. The number of nitro benzene ring substituents is 1. The van der Waals surface area contributed by atoms with Crippen molar-refractivity contribution >= 4 is 34.6 Å². The number of nitrogens with zero attached hydrogens (tertiary/aromatic N) is 1. The van der Waals surface area contributed by atoms with E-state index < -0.39 is 4.92 Å². The van der Waals surface area contributed by atoms with Crippen LogP contribution in [0.1, 0.15) is 5.56 Å². The highest BCUT2D eigenvalue weighted by Gasteiger charge is 2.12. The molecule has 110 valence electrons. The number of hydrogen-bond donors (Lipinski definition) is 1. The van der Waals surface area contributed by atoms with Crippen LogP contribution in [-0.2, 0) is 6.54 Å². The molecule has 0 saturated carbocycles. The van der Waals surface area contributed by atoms with Gasteiger partial charge in [0, 0.05) is 29.3 Å². The Balaban J connectivity index is 2.24. The van der Waals surface area contributed by atoms with Gasteiger partial charge in [-0.1, -0.05) is 29.3 Å². The molecular formula is C14H12Cl2N2O3. The third kappa shape index (κ3) is 3.56. The van der Waals surface area contributed by atoms with Crippen LogP contribution < -0.4 is 10.1 Å². The minimum absolute atomic E-state index is 0.0342. The summed E-state index contributed by atoms with van der Waals surface area (Å²) in [4.78, 5) is 10.3. The van der Waals surface area contributed by atoms with Gasteiger partial charge < -0.3 is 10.1 Å². The molecule has 0 fully saturated rings. The van der Waals surface area contributed by atoms with Crippen molar-refractivity contribution < 1.29 is 9.66 Å². The van der Waals surface area contributed by atoms with Gasteiger partial charge in [0.25, 0.3) is 5.69 Å². The maximum absolute atomic E-state index is 10.8. The molecule has 0 heterocycles. The molecule has 0 spiro atoms. The van der Waals surface area contributed by atoms with Gasteiger partial charge in [-0.25, -0.2) is 0 Å². The van der Waals surface area contributed by atoms with E-state index in [1.807, 2.05) is 0 Å². The Labute approximate surface area is 131 Å². The van der Waals surface area contributed by atoms with E-state index in [1.54, 1.807) is 25.3 Å². The molecule has 0 aliphatic rings. The standard InChI is InChI=1S/C14H12Cl2N2O3/c1-21-14-4-2-3-11(15)10(14)8-17-13-7-9(18(19)20)5-6-12(13)16/h2-7,17H,8H2,1H3. The minimum atomic E-state index is -0.475. The third-order valence-corrected chi connectivity index (χ3v) is 3.60. The first-order chi connectivity index (χ1) is 10.0. The van der Waals surface area contributed by atoms with E-state index in [1.165, 1.54) is 18.2 Å². The molecule has 0 radical (unpaired) electrons. The van der Waals surface area contributed by atoms with E-state index in [0.717, 1.165) is 5.56 Å². The summed E-state index contributed by atoms with van der Waals surface area (Å²) < 4.78 is 5.24. The number of nitro groups is 1. The number of halogens is 2. The van der Waals surface area contributed by atoms with Gasteiger partial charge in [0.2, 0.25) is 0 Å². The summed E-state index contributed by atoms with van der Waals surface area (Å²) >= 11 is 12.2. The van der Waals surface area contributed by atoms with Crippen LogP contribution in [0.2, 0.25) is 10.0 Å². The molecule has 0 unspecified atom stereocenters. The number of methoxy groups -OCH3 is 1. The smallest absolute Gasteiger partial charge is 0.271 e. The lowest BCUT2D eigenvalue weighted by Gasteiger charge is -2.13. The van der Waals surface area contributed by atoms with E-state index in [4.69, 9.17) is 27.9 Å². The van der Waals surface area contributed by atoms with Crippen molar-refractivity contribution in [2.75, 3.05) is 12.4 Å². The number of benzene rings is 2. The van der Waals surface area contributed by atoms with Crippen LogP contribution in [0, 0.1) is 10.1 Å². The molecule has 2 aromatic rings. The zero-order valence-corrected chi connectivity index (χ0v) is 12.6. The van der Waals surface area contributed by atoms with Crippen molar-refractivity contribution in [3.05, 3.63) is 62.1 Å². The molecule has 0 saturated heterocycles. The molecule has 0 bridgehead atoms. The van der Waals surface area contributed by atoms with Gasteiger partial charge in [0.05, 0.1) is 22.7 Å². The van der Waals surface area contributed by atoms with E-state index in [9.17, 15) is 10.1 Å². The van der Waals surface area contributed by atoms with E-state index >= 15 is 0 Å². The maximum atomic E-state index is 10.8. The largest absolute Gasteiger partial charge is 0.496 e. The number of rotatable bonds is 5. The molecule has 0 amide bonds. The first-order valence-corrected chi connectivity index (χ1v) is 6.77. The summed E-state index contributed by atoms with van der Waals surface area (Å²) in [6.07, 6.45) is 0. The summed E-state index contributed by atoms with van der Waals surface area (Å²) in [6.45, 7) is 0.337. The van der Waals surface area contributed by atoms with Crippen molar-refractivity contribution in [3.8, 4) is 5.75 Å². The Morgan fingerprint density at radius 3 is 2.67 bits per heavy atom. The van der Waals surface area contributed by atoms with Gasteiger partial charge in [-0.2, -0.15) is 0 Å². The highest BCUT2D eigenvalue weighted by molar-refractivity contribution is 6.33.